The number of nitriles is 1. The summed E-state index contributed by atoms with van der Waals surface area (Å²) < 4.78 is 0. The number of hydrogen-bond acceptors (Lipinski definition) is 8. The van der Waals surface area contributed by atoms with Crippen LogP contribution in [0.1, 0.15) is 27.1 Å². The van der Waals surface area contributed by atoms with Crippen LogP contribution in [-0.4, -0.2) is 26.5 Å². The maximum atomic E-state index is 12.5. The van der Waals surface area contributed by atoms with Gasteiger partial charge in [0.05, 0.1) is 11.8 Å². The van der Waals surface area contributed by atoms with Gasteiger partial charge in [0.25, 0.3) is 0 Å². The molecule has 0 aliphatic rings. The largest absolute Gasteiger partial charge is 0.297 e. The minimum Gasteiger partial charge on any atom is -0.297 e. The van der Waals surface area contributed by atoms with E-state index >= 15 is 0 Å². The van der Waals surface area contributed by atoms with E-state index in [1.54, 1.807) is 11.3 Å². The summed E-state index contributed by atoms with van der Waals surface area (Å²) in [7, 11) is 0. The first kappa shape index (κ1) is 17.0. The van der Waals surface area contributed by atoms with Gasteiger partial charge >= 0.3 is 0 Å². The van der Waals surface area contributed by atoms with E-state index in [9.17, 15) is 10.1 Å². The molecule has 3 aromatic rings. The second-order valence-electron chi connectivity index (χ2n) is 5.29. The van der Waals surface area contributed by atoms with Gasteiger partial charge in [0.1, 0.15) is 21.2 Å². The summed E-state index contributed by atoms with van der Waals surface area (Å²) in [5.41, 5.74) is 1.98. The van der Waals surface area contributed by atoms with Crippen LogP contribution in [-0.2, 0) is 4.79 Å². The van der Waals surface area contributed by atoms with E-state index in [0.29, 0.717) is 5.01 Å². The number of aromatic nitrogens is 3. The average molecular weight is 375 g/mol. The average Bonchev–Trinajstić information content (AvgIpc) is 3.10. The third-order valence-corrected chi connectivity index (χ3v) is 6.77. The quantitative estimate of drug-likeness (QED) is 0.495. The molecule has 0 saturated heterocycles. The van der Waals surface area contributed by atoms with Crippen LogP contribution in [0.2, 0.25) is 0 Å². The summed E-state index contributed by atoms with van der Waals surface area (Å²) in [4.78, 5) is 27.5. The topological polar surface area (TPSA) is 79.5 Å². The number of thioether (sulfide) groups is 1. The Bertz CT molecular complexity index is 954. The van der Waals surface area contributed by atoms with E-state index in [2.05, 4.69) is 27.9 Å². The zero-order valence-electron chi connectivity index (χ0n) is 13.4. The highest BCUT2D eigenvalue weighted by molar-refractivity contribution is 8.00. The summed E-state index contributed by atoms with van der Waals surface area (Å²) in [6.07, 6.45) is 1.52. The molecule has 3 heterocycles. The fourth-order valence-electron chi connectivity index (χ4n) is 2.25. The van der Waals surface area contributed by atoms with E-state index in [0.717, 1.165) is 26.5 Å². The lowest BCUT2D eigenvalue weighted by molar-refractivity contribution is -0.116. The van der Waals surface area contributed by atoms with Gasteiger partial charge in [-0.25, -0.2) is 15.0 Å². The Hall–Kier alpha value is -1.82. The highest BCUT2D eigenvalue weighted by atomic mass is 32.2. The van der Waals surface area contributed by atoms with Crippen molar-refractivity contribution in [3.8, 4) is 6.07 Å². The summed E-state index contributed by atoms with van der Waals surface area (Å²) in [6.45, 7) is 5.95. The number of fused-ring (bicyclic) bond motifs is 1. The molecule has 5 nitrogen and oxygen atoms in total. The fraction of sp³-hybridized carbons (Fsp3) is 0.312. The van der Waals surface area contributed by atoms with Crippen molar-refractivity contribution in [1.82, 2.24) is 15.0 Å². The molecule has 122 valence electrons. The lowest BCUT2D eigenvalue weighted by Gasteiger charge is -2.06. The number of aryl methyl sites for hydroxylation is 3. The van der Waals surface area contributed by atoms with Crippen molar-refractivity contribution >= 4 is 50.4 Å². The molecule has 3 aromatic heterocycles. The van der Waals surface area contributed by atoms with Crippen LogP contribution in [0.25, 0.3) is 10.2 Å². The van der Waals surface area contributed by atoms with Crippen LogP contribution in [0.15, 0.2) is 16.7 Å². The predicted molar refractivity (Wildman–Crippen MR) is 97.8 cm³/mol. The third kappa shape index (κ3) is 3.20. The Morgan fingerprint density at radius 1 is 1.38 bits per heavy atom. The standard InChI is InChI=1S/C16H14N4OS3/c1-8-5-22-14(20-8)11(4-17)12(21)6-23-15-13-9(2)10(3)24-16(13)19-7-18-15/h5,7,11H,6H2,1-3H3/t11-/m1/s1. The molecular weight excluding hydrogens is 360 g/mol. The SMILES string of the molecule is Cc1csc([C@H](C#N)C(=O)CSc2ncnc3sc(C)c(C)c23)n1. The lowest BCUT2D eigenvalue weighted by Crippen LogP contribution is -2.13. The van der Waals surface area contributed by atoms with Crippen molar-refractivity contribution in [3.63, 3.8) is 0 Å². The summed E-state index contributed by atoms with van der Waals surface area (Å²) in [5.74, 6) is -0.760. The molecule has 0 aliphatic carbocycles. The number of ketones is 1. The van der Waals surface area contributed by atoms with E-state index in [1.165, 1.54) is 34.3 Å². The first-order valence-electron chi connectivity index (χ1n) is 7.19. The van der Waals surface area contributed by atoms with Gasteiger partial charge < -0.3 is 0 Å². The van der Waals surface area contributed by atoms with Gasteiger partial charge in [0.15, 0.2) is 11.7 Å². The van der Waals surface area contributed by atoms with Crippen molar-refractivity contribution in [2.75, 3.05) is 5.75 Å². The number of nitrogens with zero attached hydrogens (tertiary/aromatic N) is 4. The molecule has 0 amide bonds. The Morgan fingerprint density at radius 2 is 2.17 bits per heavy atom. The Morgan fingerprint density at radius 3 is 2.83 bits per heavy atom. The van der Waals surface area contributed by atoms with Gasteiger partial charge in [0, 0.05) is 21.3 Å². The molecule has 24 heavy (non-hydrogen) atoms. The highest BCUT2D eigenvalue weighted by Gasteiger charge is 2.24. The van der Waals surface area contributed by atoms with E-state index in [4.69, 9.17) is 0 Å². The summed E-state index contributed by atoms with van der Waals surface area (Å²) in [6, 6.07) is 2.07. The molecule has 0 aliphatic heterocycles. The van der Waals surface area contributed by atoms with Crippen LogP contribution in [0, 0.1) is 32.1 Å². The molecule has 1 atom stereocenters. The maximum absolute atomic E-state index is 12.5. The first-order chi connectivity index (χ1) is 11.5. The molecular formula is C16H14N4OS3. The van der Waals surface area contributed by atoms with Gasteiger partial charge in [-0.3, -0.25) is 4.79 Å². The first-order valence-corrected chi connectivity index (χ1v) is 9.87. The van der Waals surface area contributed by atoms with Gasteiger partial charge in [-0.2, -0.15) is 5.26 Å². The predicted octanol–water partition coefficient (Wildman–Crippen LogP) is 4.04. The zero-order valence-corrected chi connectivity index (χ0v) is 15.8. The van der Waals surface area contributed by atoms with E-state index in [1.807, 2.05) is 19.2 Å². The molecule has 0 aromatic carbocycles. The number of rotatable bonds is 5. The number of Topliss-reactive ketones (excluding diaryl/α,β-unsaturated/α-hetero) is 1. The normalized spacial score (nSPS) is 12.2. The number of thiophene rings is 1. The second-order valence-corrected chi connectivity index (χ2v) is 8.34. The molecule has 0 N–H and O–H groups in total. The van der Waals surface area contributed by atoms with Crippen molar-refractivity contribution in [1.29, 1.82) is 5.26 Å². The second kappa shape index (κ2) is 6.97. The molecule has 0 spiro atoms. The molecule has 0 bridgehead atoms. The molecule has 0 saturated carbocycles. The van der Waals surface area contributed by atoms with Crippen molar-refractivity contribution in [2.24, 2.45) is 0 Å². The van der Waals surface area contributed by atoms with Crippen LogP contribution in [0.4, 0.5) is 0 Å². The molecule has 3 rings (SSSR count). The van der Waals surface area contributed by atoms with Crippen molar-refractivity contribution < 1.29 is 4.79 Å². The molecule has 0 fully saturated rings. The fourth-order valence-corrected chi connectivity index (χ4v) is 5.14. The Kier molecular flexibility index (Phi) is 4.94. The smallest absolute Gasteiger partial charge is 0.167 e. The maximum Gasteiger partial charge on any atom is 0.167 e. The number of hydrogen-bond donors (Lipinski definition) is 0. The van der Waals surface area contributed by atoms with Crippen LogP contribution >= 0.6 is 34.4 Å². The minimum atomic E-state index is -0.807. The van der Waals surface area contributed by atoms with Gasteiger partial charge in [-0.05, 0) is 26.3 Å². The summed E-state index contributed by atoms with van der Waals surface area (Å²) >= 11 is 4.34. The minimum absolute atomic E-state index is 0.145. The van der Waals surface area contributed by atoms with E-state index in [-0.39, 0.29) is 11.5 Å². The van der Waals surface area contributed by atoms with E-state index < -0.39 is 5.92 Å². The summed E-state index contributed by atoms with van der Waals surface area (Å²) in [5, 5.41) is 13.6. The molecule has 0 radical (unpaired) electrons. The van der Waals surface area contributed by atoms with Crippen LogP contribution in [0.5, 0.6) is 0 Å². The lowest BCUT2D eigenvalue weighted by atomic mass is 10.1. The number of thiazole rings is 1. The van der Waals surface area contributed by atoms with Gasteiger partial charge in [-0.1, -0.05) is 11.8 Å². The van der Waals surface area contributed by atoms with Gasteiger partial charge in [0.2, 0.25) is 0 Å². The molecule has 0 unspecified atom stereocenters. The Labute approximate surface area is 151 Å². The molecule has 8 heteroatoms. The van der Waals surface area contributed by atoms with Crippen molar-refractivity contribution in [3.05, 3.63) is 32.8 Å². The zero-order chi connectivity index (χ0) is 17.3. The Balaban J connectivity index is 1.81. The third-order valence-electron chi connectivity index (χ3n) is 3.62. The number of carbonyl (C=O) groups is 1. The van der Waals surface area contributed by atoms with Crippen LogP contribution in [0.3, 0.4) is 0 Å². The van der Waals surface area contributed by atoms with Crippen LogP contribution < -0.4 is 0 Å². The highest BCUT2D eigenvalue weighted by Crippen LogP contribution is 2.35. The van der Waals surface area contributed by atoms with Gasteiger partial charge in [-0.15, -0.1) is 22.7 Å². The number of carbonyl (C=O) groups excluding carboxylic acids is 1. The monoisotopic (exact) mass is 374 g/mol. The van der Waals surface area contributed by atoms with Crippen molar-refractivity contribution in [2.45, 2.75) is 31.7 Å².